The standard InChI is InChI=1S/C22H21ClFN3O3/c23-21-19(25-12-15-5-4-10-29-14-15)13-26-27(22(21)28)16-8-9-20(18(24)11-16)30-17-6-2-1-3-7-17/h1-3,6-9,11,13,15,25H,4-5,10,12,14H2/t15-/m0/s1. The highest BCUT2D eigenvalue weighted by molar-refractivity contribution is 6.32. The van der Waals surface area contributed by atoms with Gasteiger partial charge >= 0.3 is 0 Å². The molecule has 1 aliphatic rings. The Kier molecular flexibility index (Phi) is 6.30. The first-order valence-electron chi connectivity index (χ1n) is 9.74. The predicted octanol–water partition coefficient (Wildman–Crippen LogP) is 4.66. The van der Waals surface area contributed by atoms with Crippen LogP contribution in [0.1, 0.15) is 12.8 Å². The Labute approximate surface area is 178 Å². The van der Waals surface area contributed by atoms with Crippen LogP contribution in [0.2, 0.25) is 5.02 Å². The molecule has 0 unspecified atom stereocenters. The first kappa shape index (κ1) is 20.4. The topological polar surface area (TPSA) is 65.4 Å². The molecule has 0 amide bonds. The number of nitrogens with zero attached hydrogens (tertiary/aromatic N) is 2. The van der Waals surface area contributed by atoms with Crippen LogP contribution in [-0.2, 0) is 4.74 Å². The van der Waals surface area contributed by atoms with E-state index in [0.717, 1.165) is 24.1 Å². The lowest BCUT2D eigenvalue weighted by Crippen LogP contribution is -2.26. The fraction of sp³-hybridized carbons (Fsp3) is 0.273. The highest BCUT2D eigenvalue weighted by Gasteiger charge is 2.16. The van der Waals surface area contributed by atoms with Crippen molar-refractivity contribution in [2.75, 3.05) is 25.1 Å². The summed E-state index contributed by atoms with van der Waals surface area (Å²) in [5.74, 6) is 0.322. The first-order valence-corrected chi connectivity index (χ1v) is 10.1. The van der Waals surface area contributed by atoms with Gasteiger partial charge in [0.05, 0.1) is 24.2 Å². The second kappa shape index (κ2) is 9.28. The molecule has 2 aromatic carbocycles. The van der Waals surface area contributed by atoms with Crippen LogP contribution in [0, 0.1) is 11.7 Å². The van der Waals surface area contributed by atoms with Gasteiger partial charge in [-0.1, -0.05) is 29.8 Å². The quantitative estimate of drug-likeness (QED) is 0.617. The Bertz CT molecular complexity index is 1070. The summed E-state index contributed by atoms with van der Waals surface area (Å²) in [5, 5.41) is 7.32. The van der Waals surface area contributed by atoms with Crippen LogP contribution in [-0.4, -0.2) is 29.5 Å². The Morgan fingerprint density at radius 1 is 1.27 bits per heavy atom. The molecule has 6 nitrogen and oxygen atoms in total. The Balaban J connectivity index is 1.51. The number of hydrogen-bond acceptors (Lipinski definition) is 5. The molecule has 0 aliphatic carbocycles. The maximum Gasteiger partial charge on any atom is 0.292 e. The molecule has 8 heteroatoms. The minimum Gasteiger partial charge on any atom is -0.454 e. The molecule has 0 radical (unpaired) electrons. The maximum absolute atomic E-state index is 14.5. The van der Waals surface area contributed by atoms with E-state index in [1.54, 1.807) is 30.3 Å². The van der Waals surface area contributed by atoms with Crippen LogP contribution in [0.25, 0.3) is 5.69 Å². The molecule has 1 aliphatic heterocycles. The summed E-state index contributed by atoms with van der Waals surface area (Å²) in [4.78, 5) is 12.7. The molecule has 1 aromatic heterocycles. The highest BCUT2D eigenvalue weighted by atomic mass is 35.5. The van der Waals surface area contributed by atoms with Gasteiger partial charge in [-0.2, -0.15) is 9.78 Å². The van der Waals surface area contributed by atoms with E-state index >= 15 is 0 Å². The van der Waals surface area contributed by atoms with Gasteiger partial charge < -0.3 is 14.8 Å². The number of rotatable bonds is 6. The Morgan fingerprint density at radius 2 is 2.10 bits per heavy atom. The Hall–Kier alpha value is -2.90. The molecule has 30 heavy (non-hydrogen) atoms. The summed E-state index contributed by atoms with van der Waals surface area (Å²) in [5.41, 5.74) is 0.178. The summed E-state index contributed by atoms with van der Waals surface area (Å²) in [6, 6.07) is 13.1. The van der Waals surface area contributed by atoms with Crippen LogP contribution in [0.3, 0.4) is 0 Å². The summed E-state index contributed by atoms with van der Waals surface area (Å²) in [6.07, 6.45) is 3.56. The molecule has 156 valence electrons. The van der Waals surface area contributed by atoms with Gasteiger partial charge in [-0.25, -0.2) is 4.39 Å². The van der Waals surface area contributed by atoms with E-state index in [1.165, 1.54) is 18.3 Å². The zero-order valence-electron chi connectivity index (χ0n) is 16.2. The number of aromatic nitrogens is 2. The van der Waals surface area contributed by atoms with Gasteiger partial charge in [0, 0.05) is 19.2 Å². The fourth-order valence-corrected chi connectivity index (χ4v) is 3.48. The van der Waals surface area contributed by atoms with E-state index < -0.39 is 11.4 Å². The van der Waals surface area contributed by atoms with Crippen molar-refractivity contribution in [2.45, 2.75) is 12.8 Å². The van der Waals surface area contributed by atoms with Crippen molar-refractivity contribution in [3.8, 4) is 17.2 Å². The van der Waals surface area contributed by atoms with Gasteiger partial charge in [0.2, 0.25) is 0 Å². The van der Waals surface area contributed by atoms with Gasteiger partial charge in [0.25, 0.3) is 5.56 Å². The number of nitrogens with one attached hydrogen (secondary N) is 1. The second-order valence-corrected chi connectivity index (χ2v) is 7.46. The van der Waals surface area contributed by atoms with E-state index in [2.05, 4.69) is 10.4 Å². The van der Waals surface area contributed by atoms with Gasteiger partial charge in [-0.3, -0.25) is 4.79 Å². The van der Waals surface area contributed by atoms with E-state index in [-0.39, 0.29) is 16.5 Å². The molecular weight excluding hydrogens is 409 g/mol. The van der Waals surface area contributed by atoms with Crippen molar-refractivity contribution in [1.29, 1.82) is 0 Å². The molecule has 1 fully saturated rings. The number of benzene rings is 2. The molecule has 1 atom stereocenters. The minimum absolute atomic E-state index is 0.00625. The van der Waals surface area contributed by atoms with Gasteiger partial charge in [0.1, 0.15) is 10.8 Å². The third-order valence-electron chi connectivity index (χ3n) is 4.89. The summed E-state index contributed by atoms with van der Waals surface area (Å²) in [7, 11) is 0. The average Bonchev–Trinajstić information content (AvgIpc) is 2.78. The van der Waals surface area contributed by atoms with Crippen LogP contribution in [0.15, 0.2) is 59.5 Å². The summed E-state index contributed by atoms with van der Waals surface area (Å²) in [6.45, 7) is 2.12. The van der Waals surface area contributed by atoms with Crippen LogP contribution in [0.4, 0.5) is 10.1 Å². The van der Waals surface area contributed by atoms with Gasteiger partial charge in [-0.15, -0.1) is 0 Å². The van der Waals surface area contributed by atoms with Crippen molar-refractivity contribution in [3.05, 3.63) is 75.9 Å². The van der Waals surface area contributed by atoms with Crippen LogP contribution < -0.4 is 15.6 Å². The molecule has 1 N–H and O–H groups in total. The minimum atomic E-state index is -0.610. The summed E-state index contributed by atoms with van der Waals surface area (Å²) >= 11 is 6.26. The molecule has 4 rings (SSSR count). The monoisotopic (exact) mass is 429 g/mol. The van der Waals surface area contributed by atoms with Gasteiger partial charge in [0.15, 0.2) is 11.6 Å². The van der Waals surface area contributed by atoms with Crippen molar-refractivity contribution in [3.63, 3.8) is 0 Å². The van der Waals surface area contributed by atoms with E-state index in [1.807, 2.05) is 6.07 Å². The Morgan fingerprint density at radius 3 is 2.83 bits per heavy atom. The molecular formula is C22H21ClFN3O3. The molecule has 3 aromatic rings. The smallest absolute Gasteiger partial charge is 0.292 e. The van der Waals surface area contributed by atoms with E-state index in [4.69, 9.17) is 21.1 Å². The number of ether oxygens (including phenoxy) is 2. The normalized spacial score (nSPS) is 16.3. The second-order valence-electron chi connectivity index (χ2n) is 7.08. The number of anilines is 1. The van der Waals surface area contributed by atoms with Crippen molar-refractivity contribution in [2.24, 2.45) is 5.92 Å². The van der Waals surface area contributed by atoms with E-state index in [9.17, 15) is 9.18 Å². The highest BCUT2D eigenvalue weighted by Crippen LogP contribution is 2.26. The van der Waals surface area contributed by atoms with Crippen LogP contribution in [0.5, 0.6) is 11.5 Å². The van der Waals surface area contributed by atoms with Crippen LogP contribution >= 0.6 is 11.6 Å². The predicted molar refractivity (Wildman–Crippen MR) is 113 cm³/mol. The number of halogens is 2. The molecule has 0 spiro atoms. The molecule has 0 bridgehead atoms. The lowest BCUT2D eigenvalue weighted by molar-refractivity contribution is 0.0595. The SMILES string of the molecule is O=c1c(Cl)c(NC[C@@H]2CCCOC2)cnn1-c1ccc(Oc2ccccc2)c(F)c1. The third kappa shape index (κ3) is 4.63. The third-order valence-corrected chi connectivity index (χ3v) is 5.25. The zero-order chi connectivity index (χ0) is 20.9. The van der Waals surface area contributed by atoms with Crippen molar-refractivity contribution >= 4 is 17.3 Å². The van der Waals surface area contributed by atoms with Crippen molar-refractivity contribution in [1.82, 2.24) is 9.78 Å². The van der Waals surface area contributed by atoms with Crippen molar-refractivity contribution < 1.29 is 13.9 Å². The molecule has 2 heterocycles. The zero-order valence-corrected chi connectivity index (χ0v) is 16.9. The molecule has 1 saturated heterocycles. The fourth-order valence-electron chi connectivity index (χ4n) is 3.28. The lowest BCUT2D eigenvalue weighted by Gasteiger charge is -2.22. The largest absolute Gasteiger partial charge is 0.454 e. The number of hydrogen-bond donors (Lipinski definition) is 1. The maximum atomic E-state index is 14.5. The number of para-hydroxylation sites is 1. The average molecular weight is 430 g/mol. The van der Waals surface area contributed by atoms with E-state index in [0.29, 0.717) is 30.5 Å². The molecule has 0 saturated carbocycles. The lowest BCUT2D eigenvalue weighted by atomic mass is 10.0. The summed E-state index contributed by atoms with van der Waals surface area (Å²) < 4.78 is 26.6. The van der Waals surface area contributed by atoms with Gasteiger partial charge in [-0.05, 0) is 43.0 Å². The first-order chi connectivity index (χ1) is 14.6.